The number of rotatable bonds is 4. The lowest BCUT2D eigenvalue weighted by Crippen LogP contribution is -2.25. The summed E-state index contributed by atoms with van der Waals surface area (Å²) in [6.45, 7) is 0.161. The highest BCUT2D eigenvalue weighted by Gasteiger charge is 2.12. The summed E-state index contributed by atoms with van der Waals surface area (Å²) in [5, 5.41) is 4.25. The number of aromatic nitrogens is 2. The van der Waals surface area contributed by atoms with E-state index in [0.29, 0.717) is 22.8 Å². The van der Waals surface area contributed by atoms with Gasteiger partial charge in [0, 0.05) is 24.7 Å². The molecule has 0 bridgehead atoms. The van der Waals surface area contributed by atoms with Gasteiger partial charge in [-0.3, -0.25) is 4.79 Å². The first kappa shape index (κ1) is 14.1. The summed E-state index contributed by atoms with van der Waals surface area (Å²) in [4.78, 5) is 11.8. The molecule has 0 radical (unpaired) electrons. The van der Waals surface area contributed by atoms with Crippen molar-refractivity contribution in [3.8, 4) is 22.8 Å². The van der Waals surface area contributed by atoms with Crippen molar-refractivity contribution in [1.29, 1.82) is 0 Å². The fourth-order valence-corrected chi connectivity index (χ4v) is 1.96. The zero-order valence-corrected chi connectivity index (χ0v) is 11.7. The van der Waals surface area contributed by atoms with Crippen LogP contribution in [0.25, 0.3) is 11.3 Å². The van der Waals surface area contributed by atoms with E-state index >= 15 is 0 Å². The molecular formula is C14H17N3O3. The minimum atomic E-state index is -0.196. The second kappa shape index (κ2) is 5.75. The Morgan fingerprint density at radius 3 is 2.60 bits per heavy atom. The third kappa shape index (κ3) is 2.50. The zero-order valence-electron chi connectivity index (χ0n) is 11.7. The Morgan fingerprint density at radius 2 is 2.00 bits per heavy atom. The average molecular weight is 275 g/mol. The largest absolute Gasteiger partial charge is 0.497 e. The van der Waals surface area contributed by atoms with Gasteiger partial charge in [-0.1, -0.05) is 0 Å². The third-order valence-electron chi connectivity index (χ3n) is 3.04. The number of nitrogens with two attached hydrogens (primary N) is 1. The minimum absolute atomic E-state index is 0.161. The number of hydrogen-bond donors (Lipinski definition) is 1. The Labute approximate surface area is 116 Å². The summed E-state index contributed by atoms with van der Waals surface area (Å²) in [5.41, 5.74) is 7.26. The van der Waals surface area contributed by atoms with Crippen molar-refractivity contribution in [3.63, 3.8) is 0 Å². The molecule has 2 rings (SSSR count). The van der Waals surface area contributed by atoms with Crippen molar-refractivity contribution in [2.24, 2.45) is 12.8 Å². The number of hydrogen-bond acceptors (Lipinski definition) is 5. The van der Waals surface area contributed by atoms with Crippen LogP contribution in [0.3, 0.4) is 0 Å². The van der Waals surface area contributed by atoms with Gasteiger partial charge in [-0.05, 0) is 24.3 Å². The van der Waals surface area contributed by atoms with E-state index in [1.807, 2.05) is 6.07 Å². The normalized spacial score (nSPS) is 10.4. The van der Waals surface area contributed by atoms with Crippen LogP contribution in [0.2, 0.25) is 0 Å². The van der Waals surface area contributed by atoms with Crippen LogP contribution in [0.1, 0.15) is 5.56 Å². The molecule has 0 aliphatic rings. The molecule has 2 aromatic rings. The van der Waals surface area contributed by atoms with Gasteiger partial charge in [0.2, 0.25) is 0 Å². The van der Waals surface area contributed by atoms with Crippen molar-refractivity contribution in [2.75, 3.05) is 14.2 Å². The fraction of sp³-hybridized carbons (Fsp3) is 0.286. The number of methoxy groups -OCH3 is 2. The molecule has 2 N–H and O–H groups in total. The van der Waals surface area contributed by atoms with E-state index < -0.39 is 0 Å². The maximum Gasteiger partial charge on any atom is 0.271 e. The number of aryl methyl sites for hydroxylation is 1. The molecule has 0 unspecified atom stereocenters. The van der Waals surface area contributed by atoms with Crippen LogP contribution in [0.4, 0.5) is 0 Å². The molecule has 1 heterocycles. The highest BCUT2D eigenvalue weighted by Crippen LogP contribution is 2.32. The molecule has 0 aliphatic carbocycles. The molecule has 0 aliphatic heterocycles. The van der Waals surface area contributed by atoms with Crippen LogP contribution in [0.5, 0.6) is 11.5 Å². The standard InChI is InChI=1S/C14H17N3O3/c1-17-14(18)9(8-15)6-12(16-17)11-7-10(19-2)4-5-13(11)20-3/h4-7H,8,15H2,1-3H3. The molecule has 6 heteroatoms. The molecule has 0 spiro atoms. The first-order valence-corrected chi connectivity index (χ1v) is 6.10. The lowest BCUT2D eigenvalue weighted by atomic mass is 10.1. The zero-order chi connectivity index (χ0) is 14.7. The topological polar surface area (TPSA) is 79.4 Å². The van der Waals surface area contributed by atoms with Crippen LogP contribution in [-0.4, -0.2) is 24.0 Å². The second-order valence-corrected chi connectivity index (χ2v) is 4.25. The summed E-state index contributed by atoms with van der Waals surface area (Å²) in [6.07, 6.45) is 0. The van der Waals surface area contributed by atoms with Crippen molar-refractivity contribution in [2.45, 2.75) is 6.54 Å². The third-order valence-corrected chi connectivity index (χ3v) is 3.04. The molecule has 6 nitrogen and oxygen atoms in total. The van der Waals surface area contributed by atoms with E-state index in [9.17, 15) is 4.79 Å². The number of benzene rings is 1. The van der Waals surface area contributed by atoms with Crippen molar-refractivity contribution >= 4 is 0 Å². The van der Waals surface area contributed by atoms with Gasteiger partial charge in [-0.15, -0.1) is 0 Å². The van der Waals surface area contributed by atoms with Gasteiger partial charge in [0.1, 0.15) is 11.5 Å². The lowest BCUT2D eigenvalue weighted by Gasteiger charge is -2.11. The van der Waals surface area contributed by atoms with Crippen molar-refractivity contribution in [1.82, 2.24) is 9.78 Å². The summed E-state index contributed by atoms with van der Waals surface area (Å²) >= 11 is 0. The Kier molecular flexibility index (Phi) is 4.05. The van der Waals surface area contributed by atoms with Gasteiger partial charge in [-0.25, -0.2) is 4.68 Å². The predicted octanol–water partition coefficient (Wildman–Crippen LogP) is 0.923. The van der Waals surface area contributed by atoms with Gasteiger partial charge < -0.3 is 15.2 Å². The summed E-state index contributed by atoms with van der Waals surface area (Å²) in [5.74, 6) is 1.34. The van der Waals surface area contributed by atoms with Gasteiger partial charge >= 0.3 is 0 Å². The Morgan fingerprint density at radius 1 is 1.25 bits per heavy atom. The highest BCUT2D eigenvalue weighted by atomic mass is 16.5. The van der Waals surface area contributed by atoms with E-state index in [2.05, 4.69) is 5.10 Å². The highest BCUT2D eigenvalue weighted by molar-refractivity contribution is 5.69. The monoisotopic (exact) mass is 275 g/mol. The van der Waals surface area contributed by atoms with E-state index in [1.165, 1.54) is 4.68 Å². The maximum atomic E-state index is 11.8. The Bertz CT molecular complexity index is 680. The number of ether oxygens (including phenoxy) is 2. The van der Waals surface area contributed by atoms with Gasteiger partial charge in [-0.2, -0.15) is 5.10 Å². The maximum absolute atomic E-state index is 11.8. The molecule has 106 valence electrons. The molecule has 0 saturated heterocycles. The van der Waals surface area contributed by atoms with Crippen LogP contribution in [-0.2, 0) is 13.6 Å². The first-order chi connectivity index (χ1) is 9.60. The summed E-state index contributed by atoms with van der Waals surface area (Å²) in [7, 11) is 4.76. The average Bonchev–Trinajstić information content (AvgIpc) is 2.49. The lowest BCUT2D eigenvalue weighted by molar-refractivity contribution is 0.404. The minimum Gasteiger partial charge on any atom is -0.497 e. The van der Waals surface area contributed by atoms with Gasteiger partial charge in [0.05, 0.1) is 19.9 Å². The smallest absolute Gasteiger partial charge is 0.271 e. The molecule has 1 aromatic carbocycles. The molecule has 0 fully saturated rings. The first-order valence-electron chi connectivity index (χ1n) is 6.10. The SMILES string of the molecule is COc1ccc(OC)c(-c2cc(CN)c(=O)n(C)n2)c1. The van der Waals surface area contributed by atoms with Crippen molar-refractivity contribution in [3.05, 3.63) is 40.2 Å². The molecular weight excluding hydrogens is 258 g/mol. The van der Waals surface area contributed by atoms with E-state index in [4.69, 9.17) is 15.2 Å². The fourth-order valence-electron chi connectivity index (χ4n) is 1.96. The molecule has 0 atom stereocenters. The van der Waals surface area contributed by atoms with E-state index in [-0.39, 0.29) is 12.1 Å². The van der Waals surface area contributed by atoms with Crippen molar-refractivity contribution < 1.29 is 9.47 Å². The predicted molar refractivity (Wildman–Crippen MR) is 75.9 cm³/mol. The van der Waals surface area contributed by atoms with Gasteiger partial charge in [0.25, 0.3) is 5.56 Å². The quantitative estimate of drug-likeness (QED) is 0.897. The Balaban J connectivity index is 2.67. The van der Waals surface area contributed by atoms with Gasteiger partial charge in [0.15, 0.2) is 0 Å². The van der Waals surface area contributed by atoms with Crippen LogP contribution < -0.4 is 20.8 Å². The summed E-state index contributed by atoms with van der Waals surface area (Å²) in [6, 6.07) is 7.09. The molecule has 0 amide bonds. The second-order valence-electron chi connectivity index (χ2n) is 4.25. The van der Waals surface area contributed by atoms with E-state index in [0.717, 1.165) is 5.56 Å². The van der Waals surface area contributed by atoms with Crippen LogP contribution >= 0.6 is 0 Å². The molecule has 20 heavy (non-hydrogen) atoms. The molecule has 1 aromatic heterocycles. The molecule has 0 saturated carbocycles. The Hall–Kier alpha value is -2.34. The van der Waals surface area contributed by atoms with E-state index in [1.54, 1.807) is 39.5 Å². The number of nitrogens with zero attached hydrogens (tertiary/aromatic N) is 2. The van der Waals surface area contributed by atoms with Crippen LogP contribution in [0, 0.1) is 0 Å². The van der Waals surface area contributed by atoms with Crippen LogP contribution in [0.15, 0.2) is 29.1 Å². The summed E-state index contributed by atoms with van der Waals surface area (Å²) < 4.78 is 11.8.